The van der Waals surface area contributed by atoms with Crippen molar-refractivity contribution in [2.24, 2.45) is 5.73 Å². The minimum atomic E-state index is -0.532. The van der Waals surface area contributed by atoms with E-state index in [-0.39, 0.29) is 24.6 Å². The normalized spacial score (nSPS) is 10.5. The summed E-state index contributed by atoms with van der Waals surface area (Å²) in [4.78, 5) is 11.7. The predicted molar refractivity (Wildman–Crippen MR) is 71.1 cm³/mol. The highest BCUT2D eigenvalue weighted by Crippen LogP contribution is 2.14. The number of carbonyl (C=O) groups is 1. The zero-order valence-corrected chi connectivity index (χ0v) is 11.1. The molecule has 20 heavy (non-hydrogen) atoms. The molecule has 0 saturated carbocycles. The first-order chi connectivity index (χ1) is 9.65. The number of phenols is 1. The van der Waals surface area contributed by atoms with E-state index in [1.165, 1.54) is 4.68 Å². The van der Waals surface area contributed by atoms with Crippen LogP contribution in [0.15, 0.2) is 24.3 Å². The lowest BCUT2D eigenvalue weighted by atomic mass is 10.2. The first-order valence-corrected chi connectivity index (χ1v) is 6.23. The van der Waals surface area contributed by atoms with Crippen LogP contribution < -0.4 is 5.73 Å². The standard InChI is InChI=1S/C13H16N4O3/c1-2-20-13(19)12-11(7-14)17(16-15-12)8-9-4-3-5-10(18)6-9/h3-6,18H,2,7-8,14H2,1H3. The van der Waals surface area contributed by atoms with Crippen molar-refractivity contribution in [3.63, 3.8) is 0 Å². The lowest BCUT2D eigenvalue weighted by Crippen LogP contribution is -2.14. The van der Waals surface area contributed by atoms with Gasteiger partial charge in [-0.1, -0.05) is 17.3 Å². The lowest BCUT2D eigenvalue weighted by Gasteiger charge is -2.06. The van der Waals surface area contributed by atoms with Crippen molar-refractivity contribution in [1.29, 1.82) is 0 Å². The van der Waals surface area contributed by atoms with Crippen molar-refractivity contribution < 1.29 is 14.6 Å². The summed E-state index contributed by atoms with van der Waals surface area (Å²) in [6.07, 6.45) is 0. The van der Waals surface area contributed by atoms with Gasteiger partial charge in [-0.05, 0) is 24.6 Å². The van der Waals surface area contributed by atoms with Crippen LogP contribution in [0.4, 0.5) is 0 Å². The Kier molecular flexibility index (Phi) is 4.31. The third-order valence-corrected chi connectivity index (χ3v) is 2.74. The van der Waals surface area contributed by atoms with Crippen molar-refractivity contribution >= 4 is 5.97 Å². The van der Waals surface area contributed by atoms with Crippen molar-refractivity contribution in [2.75, 3.05) is 6.61 Å². The lowest BCUT2D eigenvalue weighted by molar-refractivity contribution is 0.0518. The first-order valence-electron chi connectivity index (χ1n) is 6.23. The average Bonchev–Trinajstić information content (AvgIpc) is 2.82. The Morgan fingerprint density at radius 2 is 2.30 bits per heavy atom. The number of esters is 1. The highest BCUT2D eigenvalue weighted by atomic mass is 16.5. The number of rotatable bonds is 5. The minimum Gasteiger partial charge on any atom is -0.508 e. The number of ether oxygens (including phenoxy) is 1. The molecule has 0 aliphatic heterocycles. The smallest absolute Gasteiger partial charge is 0.360 e. The molecular formula is C13H16N4O3. The highest BCUT2D eigenvalue weighted by Gasteiger charge is 2.19. The summed E-state index contributed by atoms with van der Waals surface area (Å²) in [6.45, 7) is 2.48. The summed E-state index contributed by atoms with van der Waals surface area (Å²) in [7, 11) is 0. The van der Waals surface area contributed by atoms with Crippen molar-refractivity contribution in [3.8, 4) is 5.75 Å². The van der Waals surface area contributed by atoms with Gasteiger partial charge >= 0.3 is 5.97 Å². The Balaban J connectivity index is 2.27. The van der Waals surface area contributed by atoms with Crippen LogP contribution in [0.1, 0.15) is 28.7 Å². The van der Waals surface area contributed by atoms with Crippen LogP contribution in [0.5, 0.6) is 5.75 Å². The van der Waals surface area contributed by atoms with Gasteiger partial charge in [0.1, 0.15) is 5.75 Å². The van der Waals surface area contributed by atoms with E-state index in [0.29, 0.717) is 12.2 Å². The fraction of sp³-hybridized carbons (Fsp3) is 0.308. The molecule has 1 heterocycles. The average molecular weight is 276 g/mol. The van der Waals surface area contributed by atoms with Crippen LogP contribution in [0.25, 0.3) is 0 Å². The zero-order valence-electron chi connectivity index (χ0n) is 11.1. The molecule has 1 aromatic heterocycles. The SMILES string of the molecule is CCOC(=O)c1nnn(Cc2cccc(O)c2)c1CN. The maximum Gasteiger partial charge on any atom is 0.360 e. The third-order valence-electron chi connectivity index (χ3n) is 2.74. The molecule has 106 valence electrons. The van der Waals surface area contributed by atoms with Crippen LogP contribution in [0.3, 0.4) is 0 Å². The number of phenolic OH excluding ortho intramolecular Hbond substituents is 1. The summed E-state index contributed by atoms with van der Waals surface area (Å²) in [6, 6.07) is 6.77. The largest absolute Gasteiger partial charge is 0.508 e. The molecule has 3 N–H and O–H groups in total. The van der Waals surface area contributed by atoms with E-state index in [1.807, 2.05) is 6.07 Å². The van der Waals surface area contributed by atoms with Crippen LogP contribution >= 0.6 is 0 Å². The molecule has 0 fully saturated rings. The second kappa shape index (κ2) is 6.16. The molecule has 2 aromatic rings. The van der Waals surface area contributed by atoms with E-state index >= 15 is 0 Å². The number of benzene rings is 1. The second-order valence-corrected chi connectivity index (χ2v) is 4.14. The molecule has 1 aromatic carbocycles. The maximum atomic E-state index is 11.7. The second-order valence-electron chi connectivity index (χ2n) is 4.14. The summed E-state index contributed by atoms with van der Waals surface area (Å²) >= 11 is 0. The number of aromatic hydroxyl groups is 1. The number of aromatic nitrogens is 3. The summed E-state index contributed by atoms with van der Waals surface area (Å²) < 4.78 is 6.43. The van der Waals surface area contributed by atoms with E-state index in [9.17, 15) is 9.90 Å². The van der Waals surface area contributed by atoms with Gasteiger partial charge in [0.15, 0.2) is 5.69 Å². The summed E-state index contributed by atoms with van der Waals surface area (Å²) in [5.74, 6) is -0.363. The molecule has 2 rings (SSSR count). The van der Waals surface area contributed by atoms with Gasteiger partial charge in [0, 0.05) is 6.54 Å². The minimum absolute atomic E-state index is 0.125. The molecule has 0 bridgehead atoms. The Morgan fingerprint density at radius 3 is 2.95 bits per heavy atom. The summed E-state index contributed by atoms with van der Waals surface area (Å²) in [5, 5.41) is 17.2. The molecule has 0 radical (unpaired) electrons. The monoisotopic (exact) mass is 276 g/mol. The van der Waals surface area contributed by atoms with Gasteiger partial charge in [0.25, 0.3) is 0 Å². The highest BCUT2D eigenvalue weighted by molar-refractivity contribution is 5.88. The van der Waals surface area contributed by atoms with Gasteiger partial charge in [-0.25, -0.2) is 9.48 Å². The third kappa shape index (κ3) is 2.94. The molecule has 0 unspecified atom stereocenters. The predicted octanol–water partition coefficient (Wildman–Crippen LogP) is 0.667. The molecule has 0 aliphatic rings. The number of nitrogens with zero attached hydrogens (tertiary/aromatic N) is 3. The Labute approximate surface area is 116 Å². The first kappa shape index (κ1) is 14.0. The van der Waals surface area contributed by atoms with Crippen LogP contribution in [0.2, 0.25) is 0 Å². The molecular weight excluding hydrogens is 260 g/mol. The molecule has 0 saturated heterocycles. The van der Waals surface area contributed by atoms with E-state index in [1.54, 1.807) is 25.1 Å². The summed E-state index contributed by atoms with van der Waals surface area (Å²) in [5.41, 5.74) is 7.13. The van der Waals surface area contributed by atoms with Crippen LogP contribution in [0, 0.1) is 0 Å². The van der Waals surface area contributed by atoms with Gasteiger partial charge in [-0.2, -0.15) is 0 Å². The number of hydrogen-bond donors (Lipinski definition) is 2. The van der Waals surface area contributed by atoms with E-state index in [0.717, 1.165) is 5.56 Å². The Bertz CT molecular complexity index is 609. The molecule has 7 nitrogen and oxygen atoms in total. The van der Waals surface area contributed by atoms with Gasteiger partial charge < -0.3 is 15.6 Å². The topological polar surface area (TPSA) is 103 Å². The molecule has 0 atom stereocenters. The van der Waals surface area contributed by atoms with E-state index < -0.39 is 5.97 Å². The Morgan fingerprint density at radius 1 is 1.50 bits per heavy atom. The van der Waals surface area contributed by atoms with Gasteiger partial charge in [-0.15, -0.1) is 5.10 Å². The van der Waals surface area contributed by atoms with Crippen LogP contribution in [-0.4, -0.2) is 32.7 Å². The van der Waals surface area contributed by atoms with Crippen molar-refractivity contribution in [2.45, 2.75) is 20.0 Å². The van der Waals surface area contributed by atoms with E-state index in [2.05, 4.69) is 10.3 Å². The zero-order chi connectivity index (χ0) is 14.5. The fourth-order valence-corrected chi connectivity index (χ4v) is 1.85. The molecule has 7 heteroatoms. The van der Waals surface area contributed by atoms with Gasteiger partial charge in [0.05, 0.1) is 18.8 Å². The molecule has 0 aliphatic carbocycles. The Hall–Kier alpha value is -2.41. The number of carbonyl (C=O) groups excluding carboxylic acids is 1. The van der Waals surface area contributed by atoms with E-state index in [4.69, 9.17) is 10.5 Å². The van der Waals surface area contributed by atoms with Gasteiger partial charge in [-0.3, -0.25) is 0 Å². The van der Waals surface area contributed by atoms with Gasteiger partial charge in [0.2, 0.25) is 0 Å². The number of hydrogen-bond acceptors (Lipinski definition) is 6. The fourth-order valence-electron chi connectivity index (χ4n) is 1.85. The van der Waals surface area contributed by atoms with Crippen molar-refractivity contribution in [3.05, 3.63) is 41.2 Å². The molecule has 0 spiro atoms. The molecule has 0 amide bonds. The van der Waals surface area contributed by atoms with Crippen molar-refractivity contribution in [1.82, 2.24) is 15.0 Å². The maximum absolute atomic E-state index is 11.7. The quantitative estimate of drug-likeness (QED) is 0.778. The van der Waals surface area contributed by atoms with Crippen LogP contribution in [-0.2, 0) is 17.8 Å². The number of nitrogens with two attached hydrogens (primary N) is 1.